The van der Waals surface area contributed by atoms with Gasteiger partial charge in [0.25, 0.3) is 5.91 Å². The molecule has 0 atom stereocenters. The van der Waals surface area contributed by atoms with Crippen LogP contribution in [0.5, 0.6) is 5.75 Å². The number of aryl methyl sites for hydroxylation is 3. The lowest BCUT2D eigenvalue weighted by molar-refractivity contribution is -0.123. The number of unbranched alkanes of at least 4 members (excludes halogenated alkanes) is 2. The first-order valence-electron chi connectivity index (χ1n) is 10.6. The molecule has 0 bridgehead atoms. The third-order valence-electron chi connectivity index (χ3n) is 5.15. The largest absolute Gasteiger partial charge is 0.483 e. The number of rotatable bonds is 11. The number of hydrogen-bond donors (Lipinski definition) is 1. The lowest BCUT2D eigenvalue weighted by atomic mass is 10.1. The molecule has 2 aromatic carbocycles. The molecule has 0 radical (unpaired) electrons. The highest BCUT2D eigenvalue weighted by atomic mass is 16.5. The Morgan fingerprint density at radius 3 is 2.83 bits per heavy atom. The zero-order valence-corrected chi connectivity index (χ0v) is 18.0. The van der Waals surface area contributed by atoms with E-state index in [9.17, 15) is 4.79 Å². The molecule has 3 rings (SSSR count). The number of allylic oxidation sites excluding steroid dienone is 1. The molecule has 1 heterocycles. The number of aromatic nitrogens is 2. The molecular formula is C25H31N3O2. The molecule has 3 aromatic rings. The summed E-state index contributed by atoms with van der Waals surface area (Å²) < 4.78 is 7.88. The number of nitrogens with one attached hydrogen (secondary N) is 1. The predicted octanol–water partition coefficient (Wildman–Crippen LogP) is 4.75. The minimum atomic E-state index is -0.0799. The molecule has 0 aliphatic rings. The van der Waals surface area contributed by atoms with Crippen molar-refractivity contribution in [1.82, 2.24) is 14.9 Å². The number of fused-ring (bicyclic) bond motifs is 1. The second-order valence-electron chi connectivity index (χ2n) is 7.63. The molecule has 1 aromatic heterocycles. The van der Waals surface area contributed by atoms with Crippen LogP contribution in [0.2, 0.25) is 0 Å². The fourth-order valence-electron chi connectivity index (χ4n) is 3.52. The molecule has 0 aliphatic heterocycles. The van der Waals surface area contributed by atoms with Crippen LogP contribution in [0.3, 0.4) is 0 Å². The third-order valence-corrected chi connectivity index (χ3v) is 5.15. The Labute approximate surface area is 178 Å². The molecule has 1 amide bonds. The van der Waals surface area contributed by atoms with E-state index in [2.05, 4.69) is 22.5 Å². The van der Waals surface area contributed by atoms with Crippen LogP contribution in [-0.2, 0) is 17.8 Å². The summed E-state index contributed by atoms with van der Waals surface area (Å²) >= 11 is 0. The Balaban J connectivity index is 1.37. The van der Waals surface area contributed by atoms with Crippen molar-refractivity contribution >= 4 is 16.9 Å². The maximum atomic E-state index is 12.0. The van der Waals surface area contributed by atoms with Gasteiger partial charge in [0.2, 0.25) is 0 Å². The SMILES string of the molecule is C=CCn1c(CCCCCNC(=O)COc2cc(C)ccc2C)nc2ccccc21. The normalized spacial score (nSPS) is 10.9. The summed E-state index contributed by atoms with van der Waals surface area (Å²) in [7, 11) is 0. The highest BCUT2D eigenvalue weighted by molar-refractivity contribution is 5.77. The first-order valence-corrected chi connectivity index (χ1v) is 10.6. The van der Waals surface area contributed by atoms with Crippen molar-refractivity contribution < 1.29 is 9.53 Å². The number of nitrogens with zero attached hydrogens (tertiary/aromatic N) is 2. The molecule has 0 fully saturated rings. The summed E-state index contributed by atoms with van der Waals surface area (Å²) in [6.45, 7) is 9.35. The lowest BCUT2D eigenvalue weighted by Gasteiger charge is -2.10. The van der Waals surface area contributed by atoms with Gasteiger partial charge in [-0.05, 0) is 56.0 Å². The number of imidazole rings is 1. The Kier molecular flexibility index (Phi) is 7.66. The zero-order valence-electron chi connectivity index (χ0n) is 18.0. The Morgan fingerprint density at radius 1 is 1.17 bits per heavy atom. The predicted molar refractivity (Wildman–Crippen MR) is 122 cm³/mol. The van der Waals surface area contributed by atoms with Gasteiger partial charge in [-0.15, -0.1) is 6.58 Å². The van der Waals surface area contributed by atoms with E-state index in [-0.39, 0.29) is 12.5 Å². The molecule has 1 N–H and O–H groups in total. The van der Waals surface area contributed by atoms with Gasteiger partial charge in [-0.3, -0.25) is 4.79 Å². The standard InChI is InChI=1S/C25H31N3O2/c1-4-16-28-22-11-8-7-10-21(22)27-24(28)12-6-5-9-15-26-25(29)18-30-23-17-19(2)13-14-20(23)3/h4,7-8,10-11,13-14,17H,1,5-6,9,12,15-16,18H2,2-3H3,(H,26,29). The fraction of sp³-hybridized carbons (Fsp3) is 0.360. The topological polar surface area (TPSA) is 56.2 Å². The first kappa shape index (κ1) is 21.6. The van der Waals surface area contributed by atoms with E-state index >= 15 is 0 Å². The number of benzene rings is 2. The molecule has 0 aliphatic carbocycles. The Hall–Kier alpha value is -3.08. The summed E-state index contributed by atoms with van der Waals surface area (Å²) in [5.41, 5.74) is 4.35. The van der Waals surface area contributed by atoms with Gasteiger partial charge in [-0.1, -0.05) is 36.8 Å². The van der Waals surface area contributed by atoms with Crippen LogP contribution >= 0.6 is 0 Å². The third kappa shape index (κ3) is 5.72. The molecule has 0 saturated carbocycles. The van der Waals surface area contributed by atoms with Crippen molar-refractivity contribution in [3.05, 3.63) is 72.1 Å². The van der Waals surface area contributed by atoms with Crippen molar-refractivity contribution in [1.29, 1.82) is 0 Å². The summed E-state index contributed by atoms with van der Waals surface area (Å²) in [6, 6.07) is 14.2. The van der Waals surface area contributed by atoms with Crippen molar-refractivity contribution in [2.45, 2.75) is 46.1 Å². The second-order valence-corrected chi connectivity index (χ2v) is 7.63. The van der Waals surface area contributed by atoms with Gasteiger partial charge < -0.3 is 14.6 Å². The van der Waals surface area contributed by atoms with Crippen LogP contribution in [0.4, 0.5) is 0 Å². The van der Waals surface area contributed by atoms with Crippen molar-refractivity contribution in [2.75, 3.05) is 13.2 Å². The van der Waals surface area contributed by atoms with Gasteiger partial charge in [0, 0.05) is 19.5 Å². The maximum Gasteiger partial charge on any atom is 0.257 e. The van der Waals surface area contributed by atoms with Crippen molar-refractivity contribution in [3.8, 4) is 5.75 Å². The van der Waals surface area contributed by atoms with Crippen LogP contribution < -0.4 is 10.1 Å². The monoisotopic (exact) mass is 405 g/mol. The molecule has 30 heavy (non-hydrogen) atoms. The van der Waals surface area contributed by atoms with Gasteiger partial charge in [-0.2, -0.15) is 0 Å². The summed E-state index contributed by atoms with van der Waals surface area (Å²) in [5, 5.41) is 2.94. The molecular weight excluding hydrogens is 374 g/mol. The number of para-hydroxylation sites is 2. The van der Waals surface area contributed by atoms with Gasteiger partial charge in [0.1, 0.15) is 11.6 Å². The number of hydrogen-bond acceptors (Lipinski definition) is 3. The maximum absolute atomic E-state index is 12.0. The van der Waals surface area contributed by atoms with Crippen molar-refractivity contribution in [3.63, 3.8) is 0 Å². The average molecular weight is 406 g/mol. The minimum Gasteiger partial charge on any atom is -0.483 e. The highest BCUT2D eigenvalue weighted by Crippen LogP contribution is 2.19. The lowest BCUT2D eigenvalue weighted by Crippen LogP contribution is -2.29. The average Bonchev–Trinajstić information content (AvgIpc) is 3.09. The van der Waals surface area contributed by atoms with E-state index in [1.807, 2.05) is 56.3 Å². The van der Waals surface area contributed by atoms with E-state index in [1.54, 1.807) is 0 Å². The van der Waals surface area contributed by atoms with E-state index in [0.717, 1.165) is 66.0 Å². The molecule has 0 saturated heterocycles. The second kappa shape index (κ2) is 10.6. The molecule has 5 nitrogen and oxygen atoms in total. The molecule has 158 valence electrons. The van der Waals surface area contributed by atoms with Gasteiger partial charge in [0.05, 0.1) is 11.0 Å². The quantitative estimate of drug-likeness (QED) is 0.370. The minimum absolute atomic E-state index is 0.0515. The fourth-order valence-corrected chi connectivity index (χ4v) is 3.52. The zero-order chi connectivity index (χ0) is 21.3. The number of ether oxygens (including phenoxy) is 1. The van der Waals surface area contributed by atoms with Crippen LogP contribution in [0.1, 0.15) is 36.2 Å². The number of amides is 1. The van der Waals surface area contributed by atoms with Crippen LogP contribution in [-0.4, -0.2) is 28.6 Å². The van der Waals surface area contributed by atoms with Crippen LogP contribution in [0, 0.1) is 13.8 Å². The van der Waals surface area contributed by atoms with E-state index < -0.39 is 0 Å². The van der Waals surface area contributed by atoms with Crippen LogP contribution in [0.15, 0.2) is 55.1 Å². The first-order chi connectivity index (χ1) is 14.6. The van der Waals surface area contributed by atoms with Gasteiger partial charge >= 0.3 is 0 Å². The smallest absolute Gasteiger partial charge is 0.257 e. The molecule has 5 heteroatoms. The van der Waals surface area contributed by atoms with Gasteiger partial charge in [-0.25, -0.2) is 4.98 Å². The molecule has 0 spiro atoms. The van der Waals surface area contributed by atoms with Crippen molar-refractivity contribution in [2.24, 2.45) is 0 Å². The van der Waals surface area contributed by atoms with Gasteiger partial charge in [0.15, 0.2) is 6.61 Å². The van der Waals surface area contributed by atoms with E-state index in [0.29, 0.717) is 6.54 Å². The highest BCUT2D eigenvalue weighted by Gasteiger charge is 2.09. The number of carbonyl (C=O) groups excluding carboxylic acids is 1. The summed E-state index contributed by atoms with van der Waals surface area (Å²) in [5.74, 6) is 1.79. The van der Waals surface area contributed by atoms with Crippen LogP contribution in [0.25, 0.3) is 11.0 Å². The van der Waals surface area contributed by atoms with E-state index in [4.69, 9.17) is 9.72 Å². The molecule has 0 unspecified atom stereocenters. The summed E-state index contributed by atoms with van der Waals surface area (Å²) in [4.78, 5) is 16.8. The number of carbonyl (C=O) groups is 1. The Bertz CT molecular complexity index is 1010. The summed E-state index contributed by atoms with van der Waals surface area (Å²) in [6.07, 6.45) is 5.85. The Morgan fingerprint density at radius 2 is 2.00 bits per heavy atom. The van der Waals surface area contributed by atoms with E-state index in [1.165, 1.54) is 0 Å².